The van der Waals surface area contributed by atoms with Gasteiger partial charge in [0.1, 0.15) is 10.9 Å². The first-order valence-corrected chi connectivity index (χ1v) is 5.03. The number of esters is 1. The zero-order chi connectivity index (χ0) is 7.84. The van der Waals surface area contributed by atoms with Crippen LogP contribution in [0.5, 0.6) is 0 Å². The van der Waals surface area contributed by atoms with Gasteiger partial charge in [0.25, 0.3) is 0 Å². The van der Waals surface area contributed by atoms with Gasteiger partial charge in [-0.25, -0.2) is 0 Å². The summed E-state index contributed by atoms with van der Waals surface area (Å²) in [5, 5.41) is 0. The molecule has 1 saturated heterocycles. The summed E-state index contributed by atoms with van der Waals surface area (Å²) in [5.74, 6) is 0.574. The van der Waals surface area contributed by atoms with Gasteiger partial charge in [0.2, 0.25) is 0 Å². The number of alkyl halides is 1. The zero-order valence-electron chi connectivity index (χ0n) is 6.25. The van der Waals surface area contributed by atoms with E-state index in [2.05, 4.69) is 15.9 Å². The first-order chi connectivity index (χ1) is 5.27. The lowest BCUT2D eigenvalue weighted by molar-refractivity contribution is -0.155. The fourth-order valence-corrected chi connectivity index (χ4v) is 2.60. The van der Waals surface area contributed by atoms with Gasteiger partial charge in [0.15, 0.2) is 0 Å². The van der Waals surface area contributed by atoms with E-state index < -0.39 is 0 Å². The molecule has 1 aliphatic heterocycles. The summed E-state index contributed by atoms with van der Waals surface area (Å²) in [6, 6.07) is 0. The molecule has 0 aromatic rings. The normalized spacial score (nSPS) is 43.4. The van der Waals surface area contributed by atoms with Crippen molar-refractivity contribution < 1.29 is 9.53 Å². The maximum absolute atomic E-state index is 11.1. The van der Waals surface area contributed by atoms with Crippen LogP contribution in [0.2, 0.25) is 0 Å². The summed E-state index contributed by atoms with van der Waals surface area (Å²) in [6.07, 6.45) is 4.76. The van der Waals surface area contributed by atoms with Crippen LogP contribution in [0, 0.1) is 5.92 Å². The van der Waals surface area contributed by atoms with E-state index in [1.807, 2.05) is 0 Å². The van der Waals surface area contributed by atoms with Crippen molar-refractivity contribution in [2.75, 3.05) is 0 Å². The molecule has 2 fully saturated rings. The lowest BCUT2D eigenvalue weighted by atomic mass is 9.97. The van der Waals surface area contributed by atoms with Gasteiger partial charge in [0.05, 0.1) is 0 Å². The smallest absolute Gasteiger partial charge is 0.320 e. The van der Waals surface area contributed by atoms with Gasteiger partial charge in [0, 0.05) is 0 Å². The van der Waals surface area contributed by atoms with E-state index in [4.69, 9.17) is 4.74 Å². The van der Waals surface area contributed by atoms with Crippen molar-refractivity contribution in [3.8, 4) is 0 Å². The Balaban J connectivity index is 2.06. The lowest BCUT2D eigenvalue weighted by Crippen LogP contribution is -2.35. The lowest BCUT2D eigenvalue weighted by Gasteiger charge is -2.28. The quantitative estimate of drug-likeness (QED) is 0.459. The molecule has 0 spiro atoms. The molecular formula is C8H11BrO2. The highest BCUT2D eigenvalue weighted by molar-refractivity contribution is 9.10. The van der Waals surface area contributed by atoms with Crippen LogP contribution in [0.4, 0.5) is 0 Å². The minimum absolute atomic E-state index is 0.0400. The van der Waals surface area contributed by atoms with E-state index in [-0.39, 0.29) is 16.9 Å². The molecule has 11 heavy (non-hydrogen) atoms. The van der Waals surface area contributed by atoms with Crippen molar-refractivity contribution in [3.63, 3.8) is 0 Å². The molecule has 62 valence electrons. The molecule has 1 heterocycles. The number of carbonyl (C=O) groups excluding carboxylic acids is 1. The number of rotatable bonds is 0. The Morgan fingerprint density at radius 2 is 2.27 bits per heavy atom. The summed E-state index contributed by atoms with van der Waals surface area (Å²) >= 11 is 3.32. The van der Waals surface area contributed by atoms with E-state index in [1.165, 1.54) is 12.8 Å². The molecule has 0 amide bonds. The van der Waals surface area contributed by atoms with E-state index in [1.54, 1.807) is 0 Å². The largest absolute Gasteiger partial charge is 0.461 e. The molecule has 0 N–H and O–H groups in total. The first kappa shape index (κ1) is 7.59. The van der Waals surface area contributed by atoms with Gasteiger partial charge >= 0.3 is 5.97 Å². The second-order valence-electron chi connectivity index (χ2n) is 3.37. The summed E-state index contributed by atoms with van der Waals surface area (Å²) in [7, 11) is 0. The molecule has 0 radical (unpaired) electrons. The van der Waals surface area contributed by atoms with Crippen LogP contribution in [0.1, 0.15) is 25.7 Å². The average molecular weight is 219 g/mol. The summed E-state index contributed by atoms with van der Waals surface area (Å²) in [6.45, 7) is 0. The topological polar surface area (TPSA) is 26.3 Å². The van der Waals surface area contributed by atoms with Crippen LogP contribution in [0.25, 0.3) is 0 Å². The third-order valence-electron chi connectivity index (χ3n) is 2.62. The van der Waals surface area contributed by atoms with Crippen molar-refractivity contribution in [1.29, 1.82) is 0 Å². The third kappa shape index (κ3) is 1.31. The fraction of sp³-hybridized carbons (Fsp3) is 0.875. The Kier molecular flexibility index (Phi) is 1.91. The number of ether oxygens (including phenoxy) is 1. The molecule has 0 aromatic heterocycles. The van der Waals surface area contributed by atoms with Crippen molar-refractivity contribution in [2.24, 2.45) is 5.92 Å². The van der Waals surface area contributed by atoms with Gasteiger partial charge in [-0.15, -0.1) is 0 Å². The molecule has 3 atom stereocenters. The molecular weight excluding hydrogens is 208 g/mol. The van der Waals surface area contributed by atoms with Crippen molar-refractivity contribution >= 4 is 21.9 Å². The number of carbonyl (C=O) groups is 1. The molecule has 1 aliphatic carbocycles. The van der Waals surface area contributed by atoms with E-state index in [0.717, 1.165) is 12.8 Å². The predicted molar refractivity (Wildman–Crippen MR) is 44.6 cm³/mol. The predicted octanol–water partition coefficient (Wildman–Crippen LogP) is 1.87. The average Bonchev–Trinajstić information content (AvgIpc) is 2.36. The van der Waals surface area contributed by atoms with Crippen molar-refractivity contribution in [2.45, 2.75) is 36.6 Å². The van der Waals surface area contributed by atoms with Crippen LogP contribution in [-0.4, -0.2) is 16.9 Å². The zero-order valence-corrected chi connectivity index (χ0v) is 7.84. The molecule has 2 rings (SSSR count). The third-order valence-corrected chi connectivity index (χ3v) is 3.37. The Hall–Kier alpha value is -0.0500. The highest BCUT2D eigenvalue weighted by atomic mass is 79.9. The summed E-state index contributed by atoms with van der Waals surface area (Å²) in [5.41, 5.74) is 0. The number of hydrogen-bond donors (Lipinski definition) is 0. The van der Waals surface area contributed by atoms with Crippen LogP contribution in [0.3, 0.4) is 0 Å². The fourth-order valence-electron chi connectivity index (χ4n) is 2.01. The molecule has 1 saturated carbocycles. The van der Waals surface area contributed by atoms with Gasteiger partial charge in [-0.1, -0.05) is 15.9 Å². The van der Waals surface area contributed by atoms with Crippen LogP contribution in [0.15, 0.2) is 0 Å². The SMILES string of the molecule is O=C1O[C@@H]2CCC[C@@H]2C[C@@H]1Br. The van der Waals surface area contributed by atoms with Gasteiger partial charge in [-0.2, -0.15) is 0 Å². The summed E-state index contributed by atoms with van der Waals surface area (Å²) < 4.78 is 5.24. The number of halogens is 1. The molecule has 2 nitrogen and oxygen atoms in total. The number of fused-ring (bicyclic) bond motifs is 1. The molecule has 0 bridgehead atoms. The van der Waals surface area contributed by atoms with E-state index >= 15 is 0 Å². The van der Waals surface area contributed by atoms with E-state index in [0.29, 0.717) is 5.92 Å². The Morgan fingerprint density at radius 3 is 3.09 bits per heavy atom. The van der Waals surface area contributed by atoms with Gasteiger partial charge in [-0.05, 0) is 31.6 Å². The highest BCUT2D eigenvalue weighted by Gasteiger charge is 2.38. The van der Waals surface area contributed by atoms with Crippen LogP contribution < -0.4 is 0 Å². The standard InChI is InChI=1S/C8H11BrO2/c9-6-4-5-2-1-3-7(5)11-8(6)10/h5-7H,1-4H2/t5-,6+,7-/m1/s1. The second kappa shape index (κ2) is 2.77. The summed E-state index contributed by atoms with van der Waals surface area (Å²) in [4.78, 5) is 11.0. The molecule has 3 heteroatoms. The van der Waals surface area contributed by atoms with Gasteiger partial charge in [-0.3, -0.25) is 4.79 Å². The van der Waals surface area contributed by atoms with Crippen LogP contribution in [-0.2, 0) is 9.53 Å². The number of hydrogen-bond acceptors (Lipinski definition) is 2. The molecule has 0 unspecified atom stereocenters. The van der Waals surface area contributed by atoms with Crippen molar-refractivity contribution in [1.82, 2.24) is 0 Å². The highest BCUT2D eigenvalue weighted by Crippen LogP contribution is 2.37. The molecule has 2 aliphatic rings. The minimum Gasteiger partial charge on any atom is -0.461 e. The first-order valence-electron chi connectivity index (χ1n) is 4.12. The van der Waals surface area contributed by atoms with Gasteiger partial charge < -0.3 is 4.74 Å². The van der Waals surface area contributed by atoms with Crippen LogP contribution >= 0.6 is 15.9 Å². The monoisotopic (exact) mass is 218 g/mol. The van der Waals surface area contributed by atoms with E-state index in [9.17, 15) is 4.79 Å². The maximum Gasteiger partial charge on any atom is 0.320 e. The second-order valence-corrected chi connectivity index (χ2v) is 4.47. The molecule has 0 aromatic carbocycles. The Labute approximate surface area is 74.4 Å². The Morgan fingerprint density at radius 1 is 1.45 bits per heavy atom. The maximum atomic E-state index is 11.1. The van der Waals surface area contributed by atoms with Crippen molar-refractivity contribution in [3.05, 3.63) is 0 Å². The minimum atomic E-state index is -0.0619. The Bertz CT molecular complexity index is 181.